The number of para-hydroxylation sites is 2. The predicted molar refractivity (Wildman–Crippen MR) is 334 cm³/mol. The number of hydrogen-bond acceptors (Lipinski definition) is 2. The van der Waals surface area contributed by atoms with Crippen molar-refractivity contribution < 1.29 is 0 Å². The molecule has 2 nitrogen and oxygen atoms in total. The van der Waals surface area contributed by atoms with Gasteiger partial charge in [0, 0.05) is 39.0 Å². The third-order valence-corrected chi connectivity index (χ3v) is 18.1. The predicted octanol–water partition coefficient (Wildman–Crippen LogP) is 21.2. The van der Waals surface area contributed by atoms with Gasteiger partial charge >= 0.3 is 0 Å². The standard InChI is InChI=1S/C77H60N2/c1-75(2)65-40-22-35-57-63-47-53(78(51-29-15-9-16-30-51)67-41-23-37-59-56-33-19-20-39-64(56)76(3,4)73(59)67)43-45-58(63)69(50-27-13-8-14-28-50)71(70(57)65)62-46-44-54(48-66(62)75)79(52-31-17-10-18-32-52)68-42-24-38-61-60-36-21-34-55(49-25-11-7-12-26-49)72(60)77(5,6)74(61)68/h7-48H,1-6H3. The van der Waals surface area contributed by atoms with Crippen LogP contribution in [0.3, 0.4) is 0 Å². The normalized spacial score (nSPS) is 14.5. The second-order valence-electron chi connectivity index (χ2n) is 23.6. The second kappa shape index (κ2) is 17.4. The maximum Gasteiger partial charge on any atom is 0.0508 e. The average Bonchev–Trinajstić information content (AvgIpc) is 3.84. The number of hydrogen-bond donors (Lipinski definition) is 0. The lowest BCUT2D eigenvalue weighted by atomic mass is 9.66. The van der Waals surface area contributed by atoms with Crippen LogP contribution in [0.2, 0.25) is 0 Å². The van der Waals surface area contributed by atoms with Gasteiger partial charge in [-0.1, -0.05) is 236 Å². The molecule has 0 bridgehead atoms. The van der Waals surface area contributed by atoms with Crippen LogP contribution >= 0.6 is 0 Å². The molecule has 0 saturated heterocycles. The van der Waals surface area contributed by atoms with Gasteiger partial charge in [-0.3, -0.25) is 0 Å². The zero-order chi connectivity index (χ0) is 53.4. The van der Waals surface area contributed by atoms with E-state index in [1.54, 1.807) is 0 Å². The number of benzene rings is 12. The Morgan fingerprint density at radius 1 is 0.253 bits per heavy atom. The third kappa shape index (κ3) is 6.83. The molecule has 0 fully saturated rings. The molecule has 12 aromatic carbocycles. The molecular weight excluding hydrogens is 953 g/mol. The number of anilines is 6. The van der Waals surface area contributed by atoms with Gasteiger partial charge in [-0.2, -0.15) is 0 Å². The zero-order valence-corrected chi connectivity index (χ0v) is 45.6. The molecule has 2 heteroatoms. The molecule has 0 saturated carbocycles. The van der Waals surface area contributed by atoms with Crippen LogP contribution in [-0.4, -0.2) is 0 Å². The van der Waals surface area contributed by atoms with E-state index in [0.29, 0.717) is 0 Å². The fraction of sp³-hybridized carbons (Fsp3) is 0.117. The fourth-order valence-electron chi connectivity index (χ4n) is 14.7. The van der Waals surface area contributed by atoms with Gasteiger partial charge in [0.25, 0.3) is 0 Å². The number of nitrogens with zero attached hydrogens (tertiary/aromatic N) is 2. The summed E-state index contributed by atoms with van der Waals surface area (Å²) in [5.41, 5.74) is 27.0. The highest BCUT2D eigenvalue weighted by Gasteiger charge is 2.43. The molecular formula is C77H60N2. The number of rotatable bonds is 8. The molecule has 3 aliphatic carbocycles. The molecule has 15 rings (SSSR count). The van der Waals surface area contributed by atoms with Crippen LogP contribution in [0.1, 0.15) is 74.9 Å². The molecule has 0 aliphatic heterocycles. The smallest absolute Gasteiger partial charge is 0.0508 e. The molecule has 0 atom stereocenters. The van der Waals surface area contributed by atoms with Crippen molar-refractivity contribution in [1.82, 2.24) is 0 Å². The first kappa shape index (κ1) is 47.0. The van der Waals surface area contributed by atoms with Crippen LogP contribution in [0, 0.1) is 0 Å². The van der Waals surface area contributed by atoms with Gasteiger partial charge in [0.05, 0.1) is 11.4 Å². The van der Waals surface area contributed by atoms with Crippen molar-refractivity contribution in [3.8, 4) is 55.6 Å². The van der Waals surface area contributed by atoms with E-state index in [2.05, 4.69) is 306 Å². The van der Waals surface area contributed by atoms with Crippen LogP contribution in [0.25, 0.3) is 77.2 Å². The Morgan fingerprint density at radius 3 is 1.39 bits per heavy atom. The van der Waals surface area contributed by atoms with Crippen molar-refractivity contribution in [2.24, 2.45) is 0 Å². The fourth-order valence-corrected chi connectivity index (χ4v) is 14.7. The molecule has 0 spiro atoms. The van der Waals surface area contributed by atoms with Crippen LogP contribution in [-0.2, 0) is 16.2 Å². The Labute approximate surface area is 464 Å². The van der Waals surface area contributed by atoms with E-state index in [-0.39, 0.29) is 16.2 Å². The van der Waals surface area contributed by atoms with Crippen molar-refractivity contribution in [3.05, 3.63) is 288 Å². The van der Waals surface area contributed by atoms with E-state index in [4.69, 9.17) is 0 Å². The highest BCUT2D eigenvalue weighted by molar-refractivity contribution is 6.24. The highest BCUT2D eigenvalue weighted by atomic mass is 15.2. The summed E-state index contributed by atoms with van der Waals surface area (Å²) in [6, 6.07) is 95.4. The largest absolute Gasteiger partial charge is 0.310 e. The summed E-state index contributed by atoms with van der Waals surface area (Å²) in [6.45, 7) is 14.5. The van der Waals surface area contributed by atoms with Crippen LogP contribution < -0.4 is 9.80 Å². The summed E-state index contributed by atoms with van der Waals surface area (Å²) >= 11 is 0. The minimum absolute atomic E-state index is 0.201. The molecule has 3 aliphatic rings. The minimum Gasteiger partial charge on any atom is -0.310 e. The summed E-state index contributed by atoms with van der Waals surface area (Å²) in [6.07, 6.45) is 0. The molecule has 0 heterocycles. The molecule has 79 heavy (non-hydrogen) atoms. The van der Waals surface area contributed by atoms with E-state index in [0.717, 1.165) is 22.7 Å². The third-order valence-electron chi connectivity index (χ3n) is 18.1. The Kier molecular flexibility index (Phi) is 10.3. The van der Waals surface area contributed by atoms with Gasteiger partial charge in [-0.15, -0.1) is 0 Å². The average molecular weight is 1010 g/mol. The monoisotopic (exact) mass is 1010 g/mol. The zero-order valence-electron chi connectivity index (χ0n) is 45.6. The maximum absolute atomic E-state index is 2.53. The summed E-state index contributed by atoms with van der Waals surface area (Å²) in [5, 5.41) is 5.09. The van der Waals surface area contributed by atoms with Crippen LogP contribution in [0.4, 0.5) is 34.1 Å². The quantitative estimate of drug-likeness (QED) is 0.140. The summed E-state index contributed by atoms with van der Waals surface area (Å²) in [7, 11) is 0. The van der Waals surface area contributed by atoms with E-state index in [1.807, 2.05) is 0 Å². The van der Waals surface area contributed by atoms with Gasteiger partial charge < -0.3 is 9.80 Å². The second-order valence-corrected chi connectivity index (χ2v) is 23.6. The van der Waals surface area contributed by atoms with Gasteiger partial charge in [0.1, 0.15) is 0 Å². The Balaban J connectivity index is 0.948. The number of fused-ring (bicyclic) bond motifs is 10. The minimum atomic E-state index is -0.362. The van der Waals surface area contributed by atoms with Crippen molar-refractivity contribution >= 4 is 55.7 Å². The van der Waals surface area contributed by atoms with E-state index < -0.39 is 0 Å². The van der Waals surface area contributed by atoms with E-state index >= 15 is 0 Å². The molecule has 0 radical (unpaired) electrons. The van der Waals surface area contributed by atoms with Crippen molar-refractivity contribution in [1.29, 1.82) is 0 Å². The Morgan fingerprint density at radius 2 is 0.734 bits per heavy atom. The lowest BCUT2D eigenvalue weighted by Gasteiger charge is -2.38. The molecule has 0 amide bonds. The van der Waals surface area contributed by atoms with Crippen molar-refractivity contribution in [2.75, 3.05) is 9.80 Å². The first-order chi connectivity index (χ1) is 38.5. The Hall–Kier alpha value is -9.24. The summed E-state index contributed by atoms with van der Waals surface area (Å²) < 4.78 is 0. The Bertz CT molecular complexity index is 4430. The van der Waals surface area contributed by atoms with Gasteiger partial charge in [-0.05, 0) is 171 Å². The maximum atomic E-state index is 2.53. The topological polar surface area (TPSA) is 6.48 Å². The first-order valence-corrected chi connectivity index (χ1v) is 28.0. The molecule has 0 unspecified atom stereocenters. The summed E-state index contributed by atoms with van der Waals surface area (Å²) in [4.78, 5) is 5.04. The highest BCUT2D eigenvalue weighted by Crippen LogP contribution is 2.60. The lowest BCUT2D eigenvalue weighted by Crippen LogP contribution is -2.25. The van der Waals surface area contributed by atoms with Gasteiger partial charge in [-0.25, -0.2) is 0 Å². The molecule has 12 aromatic rings. The lowest BCUT2D eigenvalue weighted by molar-refractivity contribution is 0.645. The van der Waals surface area contributed by atoms with Crippen LogP contribution in [0.15, 0.2) is 255 Å². The van der Waals surface area contributed by atoms with E-state index in [1.165, 1.54) is 122 Å². The van der Waals surface area contributed by atoms with E-state index in [9.17, 15) is 0 Å². The SMILES string of the molecule is CC1(C)c2ccccc2-c2cccc(N(c3ccccc3)c3ccc4c(-c5ccccc5)c5c6c(cccc6c4c3)C(C)(C)c3cc(N(c4ccccc4)c4cccc6c4C(C)(C)c4c(-c7ccccc7)cccc4-6)ccc3-5)c21. The van der Waals surface area contributed by atoms with Gasteiger partial charge in [0.15, 0.2) is 0 Å². The van der Waals surface area contributed by atoms with Crippen molar-refractivity contribution in [2.45, 2.75) is 57.8 Å². The van der Waals surface area contributed by atoms with Crippen molar-refractivity contribution in [3.63, 3.8) is 0 Å². The van der Waals surface area contributed by atoms with Crippen LogP contribution in [0.5, 0.6) is 0 Å². The van der Waals surface area contributed by atoms with Gasteiger partial charge in [0.2, 0.25) is 0 Å². The molecule has 0 aromatic heterocycles. The first-order valence-electron chi connectivity index (χ1n) is 28.0. The summed E-state index contributed by atoms with van der Waals surface area (Å²) in [5.74, 6) is 0. The molecule has 0 N–H and O–H groups in total. The molecule has 378 valence electrons.